The van der Waals surface area contributed by atoms with Crippen molar-refractivity contribution in [1.29, 1.82) is 0 Å². The van der Waals surface area contributed by atoms with E-state index in [1.165, 1.54) is 0 Å². The molecule has 6 heteroatoms. The summed E-state index contributed by atoms with van der Waals surface area (Å²) >= 11 is 0. The molecular weight excluding hydrogens is 284 g/mol. The third kappa shape index (κ3) is 5.99. The number of nitrogens with two attached hydrogens (primary N) is 1. The van der Waals surface area contributed by atoms with Crippen LogP contribution in [0.4, 0.5) is 5.69 Å². The third-order valence-corrected chi connectivity index (χ3v) is 3.34. The first kappa shape index (κ1) is 18.4. The summed E-state index contributed by atoms with van der Waals surface area (Å²) in [6, 6.07) is 3.47. The average molecular weight is 312 g/mol. The largest absolute Gasteiger partial charge is 0.493 e. The van der Waals surface area contributed by atoms with Gasteiger partial charge in [-0.05, 0) is 26.4 Å². The van der Waals surface area contributed by atoms with Gasteiger partial charge in [-0.1, -0.05) is 0 Å². The predicted molar refractivity (Wildman–Crippen MR) is 88.1 cm³/mol. The third-order valence-electron chi connectivity index (χ3n) is 3.34. The molecule has 126 valence electrons. The highest BCUT2D eigenvalue weighted by molar-refractivity contribution is 5.60. The van der Waals surface area contributed by atoms with E-state index < -0.39 is 0 Å². The second kappa shape index (κ2) is 10.1. The van der Waals surface area contributed by atoms with Crippen molar-refractivity contribution in [2.45, 2.75) is 12.8 Å². The Labute approximate surface area is 133 Å². The number of methoxy groups -OCH3 is 3. The molecule has 2 N–H and O–H groups in total. The first-order chi connectivity index (χ1) is 10.6. The fraction of sp³-hybridized carbons (Fsp3) is 0.625. The minimum atomic E-state index is 0.584. The molecule has 0 spiro atoms. The standard InChI is InChI=1S/C16H28N2O4/c1-18(8-10-19-2)7-5-6-9-22-16-14(20-3)11-13(17)12-15(16)21-4/h11-12H,5-10,17H2,1-4H3. The molecule has 0 heterocycles. The predicted octanol–water partition coefficient (Wildman–Crippen LogP) is 2.02. The molecule has 1 rings (SSSR count). The van der Waals surface area contributed by atoms with E-state index in [1.807, 2.05) is 0 Å². The number of ether oxygens (including phenoxy) is 4. The summed E-state index contributed by atoms with van der Waals surface area (Å²) in [4.78, 5) is 2.24. The summed E-state index contributed by atoms with van der Waals surface area (Å²) in [5.41, 5.74) is 6.38. The van der Waals surface area contributed by atoms with Gasteiger partial charge >= 0.3 is 0 Å². The van der Waals surface area contributed by atoms with E-state index in [2.05, 4.69) is 11.9 Å². The van der Waals surface area contributed by atoms with Crippen LogP contribution in [0.2, 0.25) is 0 Å². The maximum absolute atomic E-state index is 5.82. The smallest absolute Gasteiger partial charge is 0.203 e. The normalized spacial score (nSPS) is 10.8. The zero-order chi connectivity index (χ0) is 16.4. The molecule has 0 radical (unpaired) electrons. The Bertz CT molecular complexity index is 415. The number of likely N-dealkylation sites (N-methyl/N-ethyl adjacent to an activating group) is 1. The van der Waals surface area contributed by atoms with Gasteiger partial charge in [0.25, 0.3) is 0 Å². The van der Waals surface area contributed by atoms with E-state index >= 15 is 0 Å². The lowest BCUT2D eigenvalue weighted by Crippen LogP contribution is -2.24. The maximum atomic E-state index is 5.82. The summed E-state index contributed by atoms with van der Waals surface area (Å²) in [5, 5.41) is 0. The molecule has 0 aliphatic rings. The lowest BCUT2D eigenvalue weighted by atomic mass is 10.2. The van der Waals surface area contributed by atoms with Crippen molar-refractivity contribution < 1.29 is 18.9 Å². The van der Waals surface area contributed by atoms with Crippen LogP contribution in [0.3, 0.4) is 0 Å². The summed E-state index contributed by atoms with van der Waals surface area (Å²) in [6.07, 6.45) is 2.01. The SMILES string of the molecule is COCCN(C)CCCCOc1c(OC)cc(N)cc1OC. The molecule has 22 heavy (non-hydrogen) atoms. The van der Waals surface area contributed by atoms with Crippen LogP contribution in [0, 0.1) is 0 Å². The fourth-order valence-electron chi connectivity index (χ4n) is 2.06. The van der Waals surface area contributed by atoms with Gasteiger partial charge in [0.1, 0.15) is 0 Å². The molecule has 0 aromatic heterocycles. The monoisotopic (exact) mass is 312 g/mol. The van der Waals surface area contributed by atoms with Crippen molar-refractivity contribution in [3.05, 3.63) is 12.1 Å². The molecule has 6 nitrogen and oxygen atoms in total. The number of nitrogen functional groups attached to an aromatic ring is 1. The second-order valence-corrected chi connectivity index (χ2v) is 5.11. The van der Waals surface area contributed by atoms with Crippen LogP contribution in [0.25, 0.3) is 0 Å². The van der Waals surface area contributed by atoms with Crippen LogP contribution in [0.1, 0.15) is 12.8 Å². The van der Waals surface area contributed by atoms with Crippen LogP contribution in [0.15, 0.2) is 12.1 Å². The minimum absolute atomic E-state index is 0.584. The Morgan fingerprint density at radius 1 is 0.955 bits per heavy atom. The molecule has 0 aliphatic heterocycles. The quantitative estimate of drug-likeness (QED) is 0.498. The van der Waals surface area contributed by atoms with Gasteiger partial charge in [-0.25, -0.2) is 0 Å². The number of rotatable bonds is 11. The van der Waals surface area contributed by atoms with E-state index in [0.29, 0.717) is 29.5 Å². The van der Waals surface area contributed by atoms with Gasteiger partial charge in [0.2, 0.25) is 5.75 Å². The van der Waals surface area contributed by atoms with Crippen LogP contribution < -0.4 is 19.9 Å². The summed E-state index contributed by atoms with van der Waals surface area (Å²) in [6.45, 7) is 3.32. The van der Waals surface area contributed by atoms with Crippen LogP contribution in [0.5, 0.6) is 17.2 Å². The molecule has 0 saturated carbocycles. The Balaban J connectivity index is 2.41. The Morgan fingerprint density at radius 3 is 2.14 bits per heavy atom. The summed E-state index contributed by atoms with van der Waals surface area (Å²) < 4.78 is 21.5. The fourth-order valence-corrected chi connectivity index (χ4v) is 2.06. The molecule has 0 atom stereocenters. The van der Waals surface area contributed by atoms with Crippen molar-refractivity contribution in [3.63, 3.8) is 0 Å². The molecule has 0 bridgehead atoms. The molecule has 1 aromatic carbocycles. The van der Waals surface area contributed by atoms with E-state index in [9.17, 15) is 0 Å². The van der Waals surface area contributed by atoms with Crippen molar-refractivity contribution in [1.82, 2.24) is 4.90 Å². The van der Waals surface area contributed by atoms with Crippen molar-refractivity contribution in [2.24, 2.45) is 0 Å². The second-order valence-electron chi connectivity index (χ2n) is 5.11. The van der Waals surface area contributed by atoms with E-state index in [0.717, 1.165) is 32.5 Å². The van der Waals surface area contributed by atoms with Crippen molar-refractivity contribution in [3.8, 4) is 17.2 Å². The molecule has 0 fully saturated rings. The lowest BCUT2D eigenvalue weighted by molar-refractivity contribution is 0.159. The van der Waals surface area contributed by atoms with Gasteiger partial charge < -0.3 is 29.6 Å². The summed E-state index contributed by atoms with van der Waals surface area (Å²) in [7, 11) is 6.98. The number of hydrogen-bond donors (Lipinski definition) is 1. The van der Waals surface area contributed by atoms with Crippen molar-refractivity contribution in [2.75, 3.05) is 60.4 Å². The minimum Gasteiger partial charge on any atom is -0.493 e. The molecule has 0 unspecified atom stereocenters. The van der Waals surface area contributed by atoms with Gasteiger partial charge in [-0.2, -0.15) is 0 Å². The highest BCUT2D eigenvalue weighted by Gasteiger charge is 2.13. The Hall–Kier alpha value is -1.66. The zero-order valence-electron chi connectivity index (χ0n) is 14.1. The number of hydrogen-bond acceptors (Lipinski definition) is 6. The molecular formula is C16H28N2O4. The van der Waals surface area contributed by atoms with E-state index in [4.69, 9.17) is 24.7 Å². The molecule has 1 aromatic rings. The van der Waals surface area contributed by atoms with Gasteiger partial charge in [0, 0.05) is 31.5 Å². The topological polar surface area (TPSA) is 66.2 Å². The van der Waals surface area contributed by atoms with Gasteiger partial charge in [-0.3, -0.25) is 0 Å². The molecule has 0 amide bonds. The first-order valence-electron chi connectivity index (χ1n) is 7.44. The van der Waals surface area contributed by atoms with Crippen molar-refractivity contribution >= 4 is 5.69 Å². The van der Waals surface area contributed by atoms with E-state index in [-0.39, 0.29) is 0 Å². The summed E-state index contributed by atoms with van der Waals surface area (Å²) in [5.74, 6) is 1.79. The van der Waals surface area contributed by atoms with Gasteiger partial charge in [0.05, 0.1) is 27.4 Å². The Kier molecular flexibility index (Phi) is 8.47. The lowest BCUT2D eigenvalue weighted by Gasteiger charge is -2.17. The van der Waals surface area contributed by atoms with E-state index in [1.54, 1.807) is 33.5 Å². The number of nitrogens with zero attached hydrogens (tertiary/aromatic N) is 1. The van der Waals surface area contributed by atoms with Crippen LogP contribution in [-0.2, 0) is 4.74 Å². The number of unbranched alkanes of at least 4 members (excludes halogenated alkanes) is 1. The van der Waals surface area contributed by atoms with Crippen LogP contribution >= 0.6 is 0 Å². The Morgan fingerprint density at radius 2 is 1.59 bits per heavy atom. The highest BCUT2D eigenvalue weighted by atomic mass is 16.5. The number of anilines is 1. The molecule has 0 aliphatic carbocycles. The first-order valence-corrected chi connectivity index (χ1v) is 7.44. The van der Waals surface area contributed by atoms with Crippen LogP contribution in [-0.4, -0.2) is 59.6 Å². The zero-order valence-corrected chi connectivity index (χ0v) is 14.1. The highest BCUT2D eigenvalue weighted by Crippen LogP contribution is 2.39. The average Bonchev–Trinajstić information content (AvgIpc) is 2.52. The van der Waals surface area contributed by atoms with Gasteiger partial charge in [-0.15, -0.1) is 0 Å². The maximum Gasteiger partial charge on any atom is 0.203 e. The van der Waals surface area contributed by atoms with Gasteiger partial charge in [0.15, 0.2) is 11.5 Å². The number of benzene rings is 1. The molecule has 0 saturated heterocycles.